The topological polar surface area (TPSA) is 148 Å². The Bertz CT molecular complexity index is 1700. The maximum Gasteiger partial charge on any atom is 0.523 e. The molecular formula is C26H28F3N3O8S. The van der Waals surface area contributed by atoms with Crippen molar-refractivity contribution in [2.45, 2.75) is 51.1 Å². The van der Waals surface area contributed by atoms with Gasteiger partial charge in [0.05, 0.1) is 35.6 Å². The molecule has 1 aromatic carbocycles. The van der Waals surface area contributed by atoms with E-state index in [2.05, 4.69) is 4.18 Å². The van der Waals surface area contributed by atoms with Crippen LogP contribution in [0, 0.1) is 0 Å². The number of fused-ring (bicyclic) bond motifs is 5. The van der Waals surface area contributed by atoms with E-state index in [1.165, 1.54) is 0 Å². The number of pyridine rings is 2. The van der Waals surface area contributed by atoms with Crippen LogP contribution in [0.2, 0.25) is 0 Å². The smallest absolute Gasteiger partial charge is 0.508 e. The summed E-state index contributed by atoms with van der Waals surface area (Å²) in [7, 11) is -1.43. The number of alkyl halides is 3. The predicted molar refractivity (Wildman–Crippen MR) is 140 cm³/mol. The van der Waals surface area contributed by atoms with E-state index in [4.69, 9.17) is 9.72 Å². The number of carbonyl (C=O) groups excluding carboxylic acids is 1. The molecule has 2 aliphatic heterocycles. The van der Waals surface area contributed by atoms with Gasteiger partial charge in [-0.05, 0) is 57.3 Å². The Morgan fingerprint density at radius 1 is 1.17 bits per heavy atom. The lowest BCUT2D eigenvalue weighted by atomic mass is 9.86. The summed E-state index contributed by atoms with van der Waals surface area (Å²) >= 11 is 0. The molecule has 0 saturated heterocycles. The minimum Gasteiger partial charge on any atom is -0.508 e. The number of aliphatic hydroxyl groups is 1. The number of benzene rings is 1. The number of phenolic OH excluding ortho intramolecular Hbond substituents is 1. The van der Waals surface area contributed by atoms with E-state index in [9.17, 15) is 41.4 Å². The van der Waals surface area contributed by atoms with Gasteiger partial charge in [0.2, 0.25) is 0 Å². The minimum atomic E-state index is -5.35. The predicted octanol–water partition coefficient (Wildman–Crippen LogP) is 2.72. The third-order valence-electron chi connectivity index (χ3n) is 6.82. The number of aromatic hydroxyl groups is 1. The number of ether oxygens (including phenoxy) is 1. The molecule has 2 N–H and O–H groups in total. The highest BCUT2D eigenvalue weighted by Gasteiger charge is 2.47. The van der Waals surface area contributed by atoms with Crippen LogP contribution in [0.1, 0.15) is 42.5 Å². The molecule has 222 valence electrons. The third kappa shape index (κ3) is 5.29. The molecule has 0 unspecified atom stereocenters. The number of nitrogens with zero attached hydrogens (tertiary/aromatic N) is 3. The molecule has 0 fully saturated rings. The summed E-state index contributed by atoms with van der Waals surface area (Å²) in [5.74, 6) is -0.582. The van der Waals surface area contributed by atoms with Gasteiger partial charge >= 0.3 is 21.6 Å². The van der Waals surface area contributed by atoms with Crippen LogP contribution in [0.25, 0.3) is 22.3 Å². The fraction of sp³-hybridized carbons (Fsp3) is 0.423. The average molecular weight is 600 g/mol. The summed E-state index contributed by atoms with van der Waals surface area (Å²) in [4.78, 5) is 32.5. The molecular weight excluding hydrogens is 571 g/mol. The van der Waals surface area contributed by atoms with Gasteiger partial charge in [0.15, 0.2) is 5.60 Å². The van der Waals surface area contributed by atoms with E-state index < -0.39 is 33.8 Å². The molecule has 15 heteroatoms. The van der Waals surface area contributed by atoms with E-state index in [0.29, 0.717) is 41.1 Å². The number of aromatic nitrogens is 2. The van der Waals surface area contributed by atoms with Crippen LogP contribution in [-0.4, -0.2) is 65.3 Å². The second-order valence-electron chi connectivity index (χ2n) is 9.77. The molecule has 4 heterocycles. The zero-order valence-corrected chi connectivity index (χ0v) is 23.4. The Hall–Kier alpha value is -3.53. The summed E-state index contributed by atoms with van der Waals surface area (Å²) in [5, 5.41) is 21.9. The molecule has 0 bridgehead atoms. The number of esters is 1. The van der Waals surface area contributed by atoms with Crippen molar-refractivity contribution in [2.24, 2.45) is 0 Å². The van der Waals surface area contributed by atoms with E-state index in [1.54, 1.807) is 35.8 Å². The Kier molecular flexibility index (Phi) is 7.94. The van der Waals surface area contributed by atoms with Crippen molar-refractivity contribution < 1.29 is 45.5 Å². The summed E-state index contributed by atoms with van der Waals surface area (Å²) in [6, 6.07) is 6.75. The highest BCUT2D eigenvalue weighted by Crippen LogP contribution is 2.40. The van der Waals surface area contributed by atoms with Crippen LogP contribution in [0.15, 0.2) is 29.1 Å². The van der Waals surface area contributed by atoms with Gasteiger partial charge in [0.25, 0.3) is 5.56 Å². The summed E-state index contributed by atoms with van der Waals surface area (Å²) < 4.78 is 63.9. The maximum absolute atomic E-state index is 13.3. The second kappa shape index (κ2) is 10.7. The third-order valence-corrected chi connectivity index (χ3v) is 7.93. The summed E-state index contributed by atoms with van der Waals surface area (Å²) in [6.45, 7) is 3.11. The lowest BCUT2D eigenvalue weighted by Gasteiger charge is -2.31. The van der Waals surface area contributed by atoms with Crippen LogP contribution < -0.4 is 5.56 Å². The van der Waals surface area contributed by atoms with Gasteiger partial charge in [0.1, 0.15) is 12.4 Å². The first-order chi connectivity index (χ1) is 19.1. The number of carbonyl (C=O) groups is 1. The molecule has 41 heavy (non-hydrogen) atoms. The highest BCUT2D eigenvalue weighted by atomic mass is 32.2. The highest BCUT2D eigenvalue weighted by molar-refractivity contribution is 7.87. The molecule has 2 aliphatic rings. The van der Waals surface area contributed by atoms with Gasteiger partial charge in [-0.3, -0.25) is 8.98 Å². The molecule has 0 radical (unpaired) electrons. The summed E-state index contributed by atoms with van der Waals surface area (Å²) in [5.41, 5.74) is -3.00. The SMILES string of the molecule is CCOS(=O)(=O)C(F)(F)F.CC[C@@]1(O)C(=O)OCc2c1cc1n(c2=O)Cc2c-1nc1ccc(O)cc1c2CN(C)C. The van der Waals surface area contributed by atoms with E-state index >= 15 is 0 Å². The first kappa shape index (κ1) is 30.4. The van der Waals surface area contributed by atoms with Gasteiger partial charge in [-0.2, -0.15) is 21.6 Å². The molecule has 0 saturated carbocycles. The van der Waals surface area contributed by atoms with Gasteiger partial charge in [0, 0.05) is 23.1 Å². The average Bonchev–Trinajstić information content (AvgIpc) is 3.25. The Morgan fingerprint density at radius 2 is 1.85 bits per heavy atom. The van der Waals surface area contributed by atoms with Crippen LogP contribution in [0.3, 0.4) is 0 Å². The van der Waals surface area contributed by atoms with Crippen molar-refractivity contribution in [1.29, 1.82) is 0 Å². The van der Waals surface area contributed by atoms with E-state index in [-0.39, 0.29) is 24.3 Å². The molecule has 0 amide bonds. The standard InChI is InChI=1S/C23H23N3O5.C3H5F3O3S/c1-4-23(30)17-8-19-20-15(10-26(19)21(28)16(17)11-31-22(23)29)14(9-25(2)3)13-7-12(27)5-6-18(13)24-20;1-2-9-10(7,8)3(4,5)6/h5-8,27,30H,4,9-11H2,1-3H3;2H2,1H3/t23-;/m0./s1. The molecule has 3 aromatic rings. The molecule has 5 rings (SSSR count). The van der Waals surface area contributed by atoms with Gasteiger partial charge in [-0.25, -0.2) is 9.78 Å². The van der Waals surface area contributed by atoms with E-state index in [1.807, 2.05) is 19.0 Å². The number of rotatable bonds is 5. The van der Waals surface area contributed by atoms with Crippen molar-refractivity contribution in [2.75, 3.05) is 20.7 Å². The summed E-state index contributed by atoms with van der Waals surface area (Å²) in [6.07, 6.45) is 0.102. The quantitative estimate of drug-likeness (QED) is 0.199. The Morgan fingerprint density at radius 3 is 2.41 bits per heavy atom. The fourth-order valence-corrected chi connectivity index (χ4v) is 5.31. The fourth-order valence-electron chi connectivity index (χ4n) is 4.87. The maximum atomic E-state index is 13.3. The minimum absolute atomic E-state index is 0.102. The molecule has 2 aromatic heterocycles. The van der Waals surface area contributed by atoms with Crippen LogP contribution in [0.4, 0.5) is 13.2 Å². The van der Waals surface area contributed by atoms with Crippen molar-refractivity contribution in [3.8, 4) is 17.1 Å². The molecule has 1 atom stereocenters. The number of hydrogen-bond acceptors (Lipinski definition) is 10. The number of hydrogen-bond donors (Lipinski definition) is 2. The lowest BCUT2D eigenvalue weighted by molar-refractivity contribution is -0.172. The number of cyclic esters (lactones) is 1. The van der Waals surface area contributed by atoms with Crippen molar-refractivity contribution >= 4 is 27.0 Å². The van der Waals surface area contributed by atoms with Gasteiger partial charge < -0.3 is 24.4 Å². The Balaban J connectivity index is 0.000000334. The number of halogens is 3. The molecule has 11 nitrogen and oxygen atoms in total. The number of phenols is 1. The van der Waals surface area contributed by atoms with Crippen LogP contribution in [-0.2, 0) is 49.1 Å². The van der Waals surface area contributed by atoms with E-state index in [0.717, 1.165) is 23.4 Å². The largest absolute Gasteiger partial charge is 0.523 e. The van der Waals surface area contributed by atoms with Crippen molar-refractivity contribution in [1.82, 2.24) is 14.5 Å². The lowest BCUT2D eigenvalue weighted by Crippen LogP contribution is -2.44. The first-order valence-corrected chi connectivity index (χ1v) is 13.9. The van der Waals surface area contributed by atoms with Crippen LogP contribution in [0.5, 0.6) is 5.75 Å². The zero-order valence-electron chi connectivity index (χ0n) is 22.6. The molecule has 0 spiro atoms. The second-order valence-corrected chi connectivity index (χ2v) is 11.4. The van der Waals surface area contributed by atoms with Crippen LogP contribution >= 0.6 is 0 Å². The van der Waals surface area contributed by atoms with Gasteiger partial charge in [-0.1, -0.05) is 6.92 Å². The van der Waals surface area contributed by atoms with Crippen molar-refractivity contribution in [3.05, 3.63) is 56.9 Å². The van der Waals surface area contributed by atoms with Gasteiger partial charge in [-0.15, -0.1) is 0 Å². The Labute approximate surface area is 232 Å². The first-order valence-electron chi connectivity index (χ1n) is 12.5. The van der Waals surface area contributed by atoms with Crippen molar-refractivity contribution in [3.63, 3.8) is 0 Å². The monoisotopic (exact) mass is 599 g/mol. The zero-order chi connectivity index (χ0) is 30.5. The molecule has 0 aliphatic carbocycles. The normalized spacial score (nSPS) is 17.9.